The van der Waals surface area contributed by atoms with Crippen molar-refractivity contribution in [1.29, 1.82) is 0 Å². The van der Waals surface area contributed by atoms with E-state index in [9.17, 15) is 23.4 Å². The Morgan fingerprint density at radius 2 is 1.76 bits per heavy atom. The highest BCUT2D eigenvalue weighted by molar-refractivity contribution is 7.90. The molecule has 0 spiro atoms. The number of carbonyl (C=O) groups is 1. The summed E-state index contributed by atoms with van der Waals surface area (Å²) in [7, 11) is -4.18. The van der Waals surface area contributed by atoms with Gasteiger partial charge in [0.25, 0.3) is 10.0 Å². The smallest absolute Gasteiger partial charge is 0.421 e. The van der Waals surface area contributed by atoms with Crippen LogP contribution in [0.4, 0.5) is 4.79 Å². The lowest BCUT2D eigenvalue weighted by Crippen LogP contribution is -2.58. The predicted octanol–water partition coefficient (Wildman–Crippen LogP) is 4.31. The summed E-state index contributed by atoms with van der Waals surface area (Å²) in [4.78, 5) is 20.1. The first-order valence-electron chi connectivity index (χ1n) is 15.4. The molecule has 0 radical (unpaired) electrons. The van der Waals surface area contributed by atoms with E-state index < -0.39 is 16.1 Å². The van der Waals surface area contributed by atoms with E-state index >= 15 is 0 Å². The number of aliphatic hydroxyl groups is 2. The lowest BCUT2D eigenvalue weighted by molar-refractivity contribution is -0.174. The summed E-state index contributed by atoms with van der Waals surface area (Å²) in [5.41, 5.74) is 0.207. The number of ether oxygens (including phenoxy) is 2. The molecule has 0 aromatic carbocycles. The first-order chi connectivity index (χ1) is 19.4. The Kier molecular flexibility index (Phi) is 8.62. The molecule has 1 aromatic rings. The molecular formula is C30H47N3O7S. The van der Waals surface area contributed by atoms with Crippen molar-refractivity contribution in [2.45, 2.75) is 103 Å². The van der Waals surface area contributed by atoms with Crippen molar-refractivity contribution in [3.8, 4) is 6.01 Å². The topological polar surface area (TPSA) is 148 Å². The van der Waals surface area contributed by atoms with Crippen LogP contribution >= 0.6 is 0 Å². The Labute approximate surface area is 244 Å². The number of aliphatic hydroxyl groups excluding tert-OH is 2. The van der Waals surface area contributed by atoms with Gasteiger partial charge in [-0.05, 0) is 104 Å². The number of hydrogen-bond donors (Lipinski definition) is 3. The maximum absolute atomic E-state index is 12.6. The number of fused-ring (bicyclic) bond motifs is 5. The second-order valence-electron chi connectivity index (χ2n) is 13.7. The molecule has 3 N–H and O–H groups in total. The zero-order valence-electron chi connectivity index (χ0n) is 24.8. The fourth-order valence-corrected chi connectivity index (χ4v) is 10.2. The number of nitrogens with zero attached hydrogens (tertiary/aromatic N) is 2. The van der Waals surface area contributed by atoms with Crippen molar-refractivity contribution >= 4 is 16.1 Å². The molecule has 0 unspecified atom stereocenters. The van der Waals surface area contributed by atoms with Crippen LogP contribution < -0.4 is 9.46 Å². The molecule has 4 fully saturated rings. The second-order valence-corrected chi connectivity index (χ2v) is 15.4. The number of sulfonamides is 1. The Morgan fingerprint density at radius 3 is 2.46 bits per heavy atom. The lowest BCUT2D eigenvalue weighted by Gasteiger charge is -2.62. The summed E-state index contributed by atoms with van der Waals surface area (Å²) >= 11 is 0. The van der Waals surface area contributed by atoms with Crippen molar-refractivity contribution in [3.63, 3.8) is 0 Å². The molecule has 1 amide bonds. The maximum atomic E-state index is 12.6. The minimum atomic E-state index is -4.18. The van der Waals surface area contributed by atoms with Gasteiger partial charge in [0, 0.05) is 0 Å². The van der Waals surface area contributed by atoms with E-state index in [2.05, 4.69) is 30.7 Å². The van der Waals surface area contributed by atoms with Crippen molar-refractivity contribution in [2.75, 3.05) is 13.2 Å². The molecule has 4 aliphatic rings. The Balaban J connectivity index is 1.19. The van der Waals surface area contributed by atoms with Crippen LogP contribution in [0.15, 0.2) is 17.3 Å². The number of amides is 1. The monoisotopic (exact) mass is 593 g/mol. The van der Waals surface area contributed by atoms with Crippen molar-refractivity contribution in [1.82, 2.24) is 14.7 Å². The highest BCUT2D eigenvalue weighted by atomic mass is 32.2. The van der Waals surface area contributed by atoms with Gasteiger partial charge in [-0.15, -0.1) is 0 Å². The minimum absolute atomic E-state index is 0.0315. The number of hydrogen-bond acceptors (Lipinski definition) is 9. The molecule has 10 nitrogen and oxygen atoms in total. The van der Waals surface area contributed by atoms with E-state index in [1.165, 1.54) is 0 Å². The van der Waals surface area contributed by atoms with Gasteiger partial charge in [0.2, 0.25) is 0 Å². The third kappa shape index (κ3) is 5.70. The average Bonchev–Trinajstić information content (AvgIpc) is 3.28. The summed E-state index contributed by atoms with van der Waals surface area (Å²) in [5.74, 6) is 1.88. The molecular weight excluding hydrogens is 546 g/mol. The molecule has 41 heavy (non-hydrogen) atoms. The molecule has 4 saturated carbocycles. The van der Waals surface area contributed by atoms with E-state index in [-0.39, 0.29) is 52.4 Å². The van der Waals surface area contributed by atoms with Gasteiger partial charge in [0.05, 0.1) is 37.8 Å². The van der Waals surface area contributed by atoms with Gasteiger partial charge in [-0.25, -0.2) is 27.9 Å². The molecule has 4 aliphatic carbocycles. The van der Waals surface area contributed by atoms with Crippen LogP contribution in [-0.2, 0) is 14.8 Å². The maximum Gasteiger partial charge on any atom is 0.421 e. The molecule has 0 saturated heterocycles. The van der Waals surface area contributed by atoms with Crippen LogP contribution in [0.1, 0.15) is 85.5 Å². The predicted molar refractivity (Wildman–Crippen MR) is 151 cm³/mol. The number of carbonyl (C=O) groups excluding carboxylic acids is 1. The van der Waals surface area contributed by atoms with E-state index in [0.29, 0.717) is 30.3 Å². The quantitative estimate of drug-likeness (QED) is 0.401. The van der Waals surface area contributed by atoms with Crippen LogP contribution in [0, 0.1) is 46.3 Å². The van der Waals surface area contributed by atoms with Gasteiger partial charge in [0.15, 0.2) is 0 Å². The molecule has 0 aliphatic heterocycles. The van der Waals surface area contributed by atoms with Crippen LogP contribution in [0.5, 0.6) is 6.01 Å². The van der Waals surface area contributed by atoms with E-state index in [1.807, 2.05) is 11.6 Å². The Morgan fingerprint density at radius 1 is 1.07 bits per heavy atom. The van der Waals surface area contributed by atoms with E-state index in [0.717, 1.165) is 70.2 Å². The van der Waals surface area contributed by atoms with Gasteiger partial charge >= 0.3 is 12.1 Å². The Bertz CT molecular complexity index is 1200. The van der Waals surface area contributed by atoms with Crippen molar-refractivity contribution in [2.24, 2.45) is 46.3 Å². The van der Waals surface area contributed by atoms with Gasteiger partial charge in [0.1, 0.15) is 4.90 Å². The van der Waals surface area contributed by atoms with Gasteiger partial charge < -0.3 is 19.7 Å². The summed E-state index contributed by atoms with van der Waals surface area (Å²) < 4.78 is 38.0. The SMILES string of the molecule is CCCOc1ncc(S(=O)(=O)NC(=O)OC[C@@H](C)[C@H]2CC[C@H]3[C@@H]4[C@H](O)C[C@@H]5C[C@H](O)CC[C@]5(C)[C@H]4CC[C@]23C)cn1. The highest BCUT2D eigenvalue weighted by Crippen LogP contribution is 2.68. The molecule has 1 heterocycles. The molecule has 10 atom stereocenters. The fourth-order valence-electron chi connectivity index (χ4n) is 9.41. The van der Waals surface area contributed by atoms with Crippen molar-refractivity contribution < 1.29 is 32.9 Å². The highest BCUT2D eigenvalue weighted by Gasteiger charge is 2.62. The largest absolute Gasteiger partial charge is 0.463 e. The summed E-state index contributed by atoms with van der Waals surface area (Å²) in [6.45, 7) is 9.31. The van der Waals surface area contributed by atoms with Crippen molar-refractivity contribution in [3.05, 3.63) is 12.4 Å². The molecule has 5 rings (SSSR count). The molecule has 0 bridgehead atoms. The van der Waals surface area contributed by atoms with E-state index in [1.54, 1.807) is 0 Å². The third-order valence-electron chi connectivity index (χ3n) is 11.5. The minimum Gasteiger partial charge on any atom is -0.463 e. The van der Waals surface area contributed by atoms with Gasteiger partial charge in [-0.1, -0.05) is 27.7 Å². The number of aromatic nitrogens is 2. The number of nitrogens with one attached hydrogen (secondary N) is 1. The van der Waals surface area contributed by atoms with Crippen LogP contribution in [0.2, 0.25) is 0 Å². The van der Waals surface area contributed by atoms with Gasteiger partial charge in [-0.3, -0.25) is 0 Å². The van der Waals surface area contributed by atoms with Gasteiger partial charge in [-0.2, -0.15) is 0 Å². The second kappa shape index (κ2) is 11.6. The average molecular weight is 594 g/mol. The lowest BCUT2D eigenvalue weighted by atomic mass is 9.43. The summed E-state index contributed by atoms with van der Waals surface area (Å²) in [5, 5.41) is 21.7. The number of rotatable bonds is 8. The zero-order valence-corrected chi connectivity index (χ0v) is 25.6. The molecule has 230 valence electrons. The Hall–Kier alpha value is -1.98. The van der Waals surface area contributed by atoms with Crippen LogP contribution in [0.3, 0.4) is 0 Å². The van der Waals surface area contributed by atoms with E-state index in [4.69, 9.17) is 9.47 Å². The summed E-state index contributed by atoms with van der Waals surface area (Å²) in [6.07, 6.45) is 9.03. The molecule has 11 heteroatoms. The standard InChI is InChI=1S/C30H47N3O7S/c1-5-12-39-27-31-15-21(16-32-27)41(37,38)33-28(36)40-17-18(2)22-6-7-23-26-24(9-11-30(22,23)4)29(3)10-8-20(34)13-19(29)14-25(26)35/h15-16,18-20,22-26,34-35H,5-14,17H2,1-4H3,(H,33,36)/t18-,19+,20-,22-,23+,24+,25-,26+,29+,30-/m1/s1. The fraction of sp³-hybridized carbons (Fsp3) is 0.833. The first kappa shape index (κ1) is 30.5. The van der Waals surface area contributed by atoms with Crippen LogP contribution in [0.25, 0.3) is 0 Å². The zero-order chi connectivity index (χ0) is 29.6. The summed E-state index contributed by atoms with van der Waals surface area (Å²) in [6, 6.07) is 0.0757. The third-order valence-corrected chi connectivity index (χ3v) is 12.7. The normalized spacial score (nSPS) is 39.1. The van der Waals surface area contributed by atoms with Crippen LogP contribution in [-0.4, -0.2) is 60.1 Å². The molecule has 1 aromatic heterocycles. The first-order valence-corrected chi connectivity index (χ1v) is 16.9.